The van der Waals surface area contributed by atoms with Gasteiger partial charge in [0, 0.05) is 41.5 Å². The summed E-state index contributed by atoms with van der Waals surface area (Å²) in [4.78, 5) is 0. The molecule has 0 aromatic heterocycles. The van der Waals surface area contributed by atoms with Gasteiger partial charge in [0.05, 0.1) is 12.7 Å². The molecule has 1 aliphatic heterocycles. The SMILES string of the molecule is CCO.CCO.CCO.[CH2-]CCCC1CO1.[Ti]. The zero-order chi connectivity index (χ0) is 13.2. The molecular formula is C12H29O4Ti-. The molecule has 1 unspecified atom stereocenters. The second kappa shape index (κ2) is 30.0. The zero-order valence-electron chi connectivity index (χ0n) is 11.5. The summed E-state index contributed by atoms with van der Waals surface area (Å²) >= 11 is 0. The Morgan fingerprint density at radius 1 is 1.06 bits per heavy atom. The Morgan fingerprint density at radius 3 is 1.53 bits per heavy atom. The molecule has 0 amide bonds. The standard InChI is InChI=1S/C6H11O.3C2H6O.Ti/c1-2-3-4-6-5-7-6;3*1-2-3;/h6H,1-5H2;3*3H,2H2,1H3;/q-1;;;;. The average Bonchev–Trinajstić information content (AvgIpc) is 3.02. The molecule has 5 heteroatoms. The minimum Gasteiger partial charge on any atom is -0.397 e. The monoisotopic (exact) mass is 285 g/mol. The summed E-state index contributed by atoms with van der Waals surface area (Å²) in [5.74, 6) is 0. The van der Waals surface area contributed by atoms with Gasteiger partial charge < -0.3 is 27.0 Å². The van der Waals surface area contributed by atoms with Crippen LogP contribution in [0, 0.1) is 6.92 Å². The van der Waals surface area contributed by atoms with Crippen LogP contribution < -0.4 is 0 Å². The van der Waals surface area contributed by atoms with Gasteiger partial charge in [0.1, 0.15) is 0 Å². The summed E-state index contributed by atoms with van der Waals surface area (Å²) in [6.07, 6.45) is 4.12. The van der Waals surface area contributed by atoms with Gasteiger partial charge in [0.15, 0.2) is 0 Å². The van der Waals surface area contributed by atoms with Crippen LogP contribution in [-0.2, 0) is 26.5 Å². The molecule has 4 nitrogen and oxygen atoms in total. The van der Waals surface area contributed by atoms with Crippen LogP contribution in [0.3, 0.4) is 0 Å². The minimum atomic E-state index is 0. The second-order valence-electron chi connectivity index (χ2n) is 2.90. The molecule has 0 spiro atoms. The van der Waals surface area contributed by atoms with Gasteiger partial charge in [0.25, 0.3) is 0 Å². The number of hydrogen-bond donors (Lipinski definition) is 3. The average molecular weight is 285 g/mol. The van der Waals surface area contributed by atoms with E-state index in [4.69, 9.17) is 20.1 Å². The first-order chi connectivity index (χ1) is 7.67. The summed E-state index contributed by atoms with van der Waals surface area (Å²) in [5.41, 5.74) is 0. The molecule has 17 heavy (non-hydrogen) atoms. The van der Waals surface area contributed by atoms with Crippen molar-refractivity contribution in [2.24, 2.45) is 0 Å². The molecule has 1 heterocycles. The Hall–Kier alpha value is 0.554. The Labute approximate surface area is 121 Å². The van der Waals surface area contributed by atoms with Crippen molar-refractivity contribution in [3.05, 3.63) is 6.92 Å². The predicted molar refractivity (Wildman–Crippen MR) is 67.2 cm³/mol. The first-order valence-corrected chi connectivity index (χ1v) is 5.91. The number of hydrogen-bond acceptors (Lipinski definition) is 4. The van der Waals surface area contributed by atoms with Crippen molar-refractivity contribution in [3.8, 4) is 0 Å². The van der Waals surface area contributed by atoms with E-state index >= 15 is 0 Å². The molecule has 0 bridgehead atoms. The molecule has 0 radical (unpaired) electrons. The fourth-order valence-electron chi connectivity index (χ4n) is 0.607. The van der Waals surface area contributed by atoms with Gasteiger partial charge in [-0.3, -0.25) is 0 Å². The van der Waals surface area contributed by atoms with Crippen LogP contribution in [0.1, 0.15) is 40.0 Å². The smallest absolute Gasteiger partial charge is 0.0809 e. The quantitative estimate of drug-likeness (QED) is 0.416. The van der Waals surface area contributed by atoms with Gasteiger partial charge in [-0.15, -0.1) is 0 Å². The van der Waals surface area contributed by atoms with E-state index in [0.29, 0.717) is 6.10 Å². The van der Waals surface area contributed by atoms with Crippen molar-refractivity contribution in [1.82, 2.24) is 0 Å². The normalized spacial score (nSPS) is 14.6. The van der Waals surface area contributed by atoms with E-state index in [1.165, 1.54) is 12.8 Å². The maximum absolute atomic E-state index is 7.57. The van der Waals surface area contributed by atoms with Gasteiger partial charge in [-0.05, 0) is 27.2 Å². The van der Waals surface area contributed by atoms with Gasteiger partial charge in [-0.25, -0.2) is 0 Å². The molecule has 0 aromatic rings. The maximum Gasteiger partial charge on any atom is 0.0809 e. The summed E-state index contributed by atoms with van der Waals surface area (Å²) in [5, 5.41) is 22.7. The number of unbranched alkanes of at least 4 members (excludes halogenated alkanes) is 1. The van der Waals surface area contributed by atoms with Crippen LogP contribution in [0.2, 0.25) is 0 Å². The molecule has 3 N–H and O–H groups in total. The second-order valence-corrected chi connectivity index (χ2v) is 2.90. The van der Waals surface area contributed by atoms with Crippen LogP contribution >= 0.6 is 0 Å². The topological polar surface area (TPSA) is 73.2 Å². The third-order valence-electron chi connectivity index (χ3n) is 1.18. The molecule has 1 saturated heterocycles. The summed E-state index contributed by atoms with van der Waals surface area (Å²) in [7, 11) is 0. The Bertz CT molecular complexity index is 85.8. The molecule has 106 valence electrons. The third-order valence-corrected chi connectivity index (χ3v) is 1.18. The van der Waals surface area contributed by atoms with Crippen LogP contribution in [0.15, 0.2) is 0 Å². The summed E-state index contributed by atoms with van der Waals surface area (Å²) in [6, 6.07) is 0. The first-order valence-electron chi connectivity index (χ1n) is 5.91. The van der Waals surface area contributed by atoms with E-state index in [-0.39, 0.29) is 41.5 Å². The number of aliphatic hydroxyl groups is 3. The van der Waals surface area contributed by atoms with Gasteiger partial charge in [0.2, 0.25) is 0 Å². The van der Waals surface area contributed by atoms with Crippen molar-refractivity contribution < 1.29 is 41.8 Å². The van der Waals surface area contributed by atoms with Gasteiger partial charge in [-0.1, -0.05) is 6.42 Å². The first kappa shape index (κ1) is 26.2. The van der Waals surface area contributed by atoms with Gasteiger partial charge in [-0.2, -0.15) is 6.42 Å². The molecule has 0 saturated carbocycles. The van der Waals surface area contributed by atoms with Crippen molar-refractivity contribution in [3.63, 3.8) is 0 Å². The van der Waals surface area contributed by atoms with Crippen molar-refractivity contribution >= 4 is 0 Å². The van der Waals surface area contributed by atoms with E-state index in [0.717, 1.165) is 13.0 Å². The van der Waals surface area contributed by atoms with Crippen LogP contribution in [0.4, 0.5) is 0 Å². The summed E-state index contributed by atoms with van der Waals surface area (Å²) < 4.78 is 4.98. The third kappa shape index (κ3) is 61.4. The molecule has 1 rings (SSSR count). The number of epoxide rings is 1. The number of ether oxygens (including phenoxy) is 1. The van der Waals surface area contributed by atoms with E-state index in [1.54, 1.807) is 20.8 Å². The predicted octanol–water partition coefficient (Wildman–Crippen LogP) is 1.38. The molecule has 0 aromatic carbocycles. The largest absolute Gasteiger partial charge is 0.397 e. The van der Waals surface area contributed by atoms with E-state index in [9.17, 15) is 0 Å². The van der Waals surface area contributed by atoms with Crippen LogP contribution in [0.25, 0.3) is 0 Å². The van der Waals surface area contributed by atoms with Crippen molar-refractivity contribution in [2.45, 2.75) is 46.1 Å². The number of aliphatic hydroxyl groups excluding tert-OH is 3. The minimum absolute atomic E-state index is 0. The fourth-order valence-corrected chi connectivity index (χ4v) is 0.607. The molecule has 1 aliphatic rings. The molecule has 1 atom stereocenters. The Balaban J connectivity index is -0.0000000734. The van der Waals surface area contributed by atoms with Crippen molar-refractivity contribution in [2.75, 3.05) is 26.4 Å². The van der Waals surface area contributed by atoms with E-state index in [2.05, 4.69) is 6.92 Å². The Kier molecular flexibility index (Phi) is 46.2. The van der Waals surface area contributed by atoms with Crippen LogP contribution in [0.5, 0.6) is 0 Å². The summed E-state index contributed by atoms with van der Waals surface area (Å²) in [6.45, 7) is 10.5. The van der Waals surface area contributed by atoms with Crippen LogP contribution in [-0.4, -0.2) is 47.9 Å². The number of rotatable bonds is 3. The van der Waals surface area contributed by atoms with E-state index in [1.807, 2.05) is 0 Å². The fraction of sp³-hybridized carbons (Fsp3) is 0.917. The van der Waals surface area contributed by atoms with Crippen molar-refractivity contribution in [1.29, 1.82) is 0 Å². The maximum atomic E-state index is 7.57. The molecule has 1 fully saturated rings. The van der Waals surface area contributed by atoms with E-state index < -0.39 is 0 Å². The molecule has 0 aliphatic carbocycles. The Morgan fingerprint density at radius 2 is 1.35 bits per heavy atom. The van der Waals surface area contributed by atoms with Gasteiger partial charge >= 0.3 is 0 Å². The zero-order valence-corrected chi connectivity index (χ0v) is 13.0. The molecular weight excluding hydrogens is 256 g/mol.